The van der Waals surface area contributed by atoms with Gasteiger partial charge >= 0.3 is 0 Å². The first-order valence-corrected chi connectivity index (χ1v) is 7.03. The Kier molecular flexibility index (Phi) is 5.49. The third-order valence-electron chi connectivity index (χ3n) is 3.26. The molecule has 0 spiro atoms. The van der Waals surface area contributed by atoms with Crippen LogP contribution in [0.4, 0.5) is 0 Å². The summed E-state index contributed by atoms with van der Waals surface area (Å²) in [6.45, 7) is 1.10. The number of benzene rings is 1. The summed E-state index contributed by atoms with van der Waals surface area (Å²) in [5, 5.41) is 9.24. The highest BCUT2D eigenvalue weighted by Crippen LogP contribution is 2.13. The molecule has 2 rings (SSSR count). The lowest BCUT2D eigenvalue weighted by Crippen LogP contribution is -2.51. The number of thiocarbonyl (C=S) groups is 1. The number of carbonyl (C=O) groups excluding carboxylic acids is 1. The molecule has 0 bridgehead atoms. The predicted molar refractivity (Wildman–Crippen MR) is 81.2 cm³/mol. The van der Waals surface area contributed by atoms with Crippen LogP contribution in [0.2, 0.25) is 0 Å². The standard InChI is InChI=1S/C14H18N2O4S/c15-14(21)10-1-3-12(4-2-10)20-9-13(18)16-5-6-19-8-11(16)7-17/h1-4,11,17H,5-9H2,(H2,15,21). The van der Waals surface area contributed by atoms with E-state index in [0.717, 1.165) is 5.56 Å². The third-order valence-corrected chi connectivity index (χ3v) is 3.50. The molecule has 1 aromatic rings. The number of aliphatic hydroxyl groups excluding tert-OH is 1. The number of amides is 1. The van der Waals surface area contributed by atoms with E-state index in [1.54, 1.807) is 29.2 Å². The van der Waals surface area contributed by atoms with Crippen molar-refractivity contribution in [1.82, 2.24) is 4.90 Å². The fraction of sp³-hybridized carbons (Fsp3) is 0.429. The molecule has 1 unspecified atom stereocenters. The van der Waals surface area contributed by atoms with Gasteiger partial charge in [-0.2, -0.15) is 0 Å². The smallest absolute Gasteiger partial charge is 0.260 e. The number of aliphatic hydroxyl groups is 1. The second-order valence-electron chi connectivity index (χ2n) is 4.68. The summed E-state index contributed by atoms with van der Waals surface area (Å²) in [6.07, 6.45) is 0. The molecule has 1 aliphatic rings. The van der Waals surface area contributed by atoms with Crippen molar-refractivity contribution in [3.05, 3.63) is 29.8 Å². The SMILES string of the molecule is NC(=S)c1ccc(OCC(=O)N2CCOCC2CO)cc1. The molecule has 114 valence electrons. The molecule has 6 nitrogen and oxygen atoms in total. The van der Waals surface area contributed by atoms with Gasteiger partial charge in [0.15, 0.2) is 6.61 Å². The number of ether oxygens (including phenoxy) is 2. The number of hydrogen-bond donors (Lipinski definition) is 2. The molecule has 1 amide bonds. The summed E-state index contributed by atoms with van der Waals surface area (Å²) in [7, 11) is 0. The van der Waals surface area contributed by atoms with Gasteiger partial charge in [0.2, 0.25) is 0 Å². The van der Waals surface area contributed by atoms with Crippen molar-refractivity contribution in [2.45, 2.75) is 6.04 Å². The van der Waals surface area contributed by atoms with Crippen LogP contribution in [0.15, 0.2) is 24.3 Å². The zero-order chi connectivity index (χ0) is 15.2. The van der Waals surface area contributed by atoms with Crippen LogP contribution >= 0.6 is 12.2 Å². The zero-order valence-corrected chi connectivity index (χ0v) is 12.3. The van der Waals surface area contributed by atoms with Crippen LogP contribution < -0.4 is 10.5 Å². The summed E-state index contributed by atoms with van der Waals surface area (Å²) in [5.41, 5.74) is 6.26. The van der Waals surface area contributed by atoms with Crippen molar-refractivity contribution < 1.29 is 19.4 Å². The van der Waals surface area contributed by atoms with Gasteiger partial charge in [-0.1, -0.05) is 12.2 Å². The minimum atomic E-state index is -0.299. The monoisotopic (exact) mass is 310 g/mol. The molecule has 0 aliphatic carbocycles. The molecule has 1 heterocycles. The molecule has 0 radical (unpaired) electrons. The Morgan fingerprint density at radius 3 is 2.81 bits per heavy atom. The van der Waals surface area contributed by atoms with Gasteiger partial charge in [0.05, 0.1) is 25.9 Å². The van der Waals surface area contributed by atoms with Crippen molar-refractivity contribution in [3.8, 4) is 5.75 Å². The fourth-order valence-corrected chi connectivity index (χ4v) is 2.21. The van der Waals surface area contributed by atoms with Gasteiger partial charge in [-0.3, -0.25) is 4.79 Å². The fourth-order valence-electron chi connectivity index (χ4n) is 2.08. The molecule has 0 aromatic heterocycles. The van der Waals surface area contributed by atoms with Crippen molar-refractivity contribution in [3.63, 3.8) is 0 Å². The molecule has 1 aromatic carbocycles. The van der Waals surface area contributed by atoms with E-state index >= 15 is 0 Å². The summed E-state index contributed by atoms with van der Waals surface area (Å²) in [6, 6.07) is 6.61. The highest BCUT2D eigenvalue weighted by atomic mass is 32.1. The van der Waals surface area contributed by atoms with Crippen LogP contribution in [0.3, 0.4) is 0 Å². The zero-order valence-electron chi connectivity index (χ0n) is 11.5. The van der Waals surface area contributed by atoms with E-state index in [4.69, 9.17) is 27.4 Å². The van der Waals surface area contributed by atoms with Crippen molar-refractivity contribution in [2.75, 3.05) is 33.0 Å². The Hall–Kier alpha value is -1.70. The molecular formula is C14H18N2O4S. The molecule has 1 aliphatic heterocycles. The number of morpholine rings is 1. The lowest BCUT2D eigenvalue weighted by Gasteiger charge is -2.34. The predicted octanol–water partition coefficient (Wildman–Crippen LogP) is -0.0807. The first kappa shape index (κ1) is 15.7. The summed E-state index contributed by atoms with van der Waals surface area (Å²) in [4.78, 5) is 14.0. The average molecular weight is 310 g/mol. The topological polar surface area (TPSA) is 85.0 Å². The number of hydrogen-bond acceptors (Lipinski definition) is 5. The van der Waals surface area contributed by atoms with E-state index in [-0.39, 0.29) is 25.2 Å². The Morgan fingerprint density at radius 1 is 1.48 bits per heavy atom. The lowest BCUT2D eigenvalue weighted by molar-refractivity contribution is -0.143. The molecular weight excluding hydrogens is 292 g/mol. The van der Waals surface area contributed by atoms with E-state index in [1.807, 2.05) is 0 Å². The lowest BCUT2D eigenvalue weighted by atomic mass is 10.2. The Balaban J connectivity index is 1.89. The van der Waals surface area contributed by atoms with Crippen molar-refractivity contribution >= 4 is 23.1 Å². The van der Waals surface area contributed by atoms with E-state index in [2.05, 4.69) is 0 Å². The van der Waals surface area contributed by atoms with Gasteiger partial charge < -0.3 is 25.2 Å². The van der Waals surface area contributed by atoms with E-state index in [1.165, 1.54) is 0 Å². The highest BCUT2D eigenvalue weighted by Gasteiger charge is 2.26. The minimum absolute atomic E-state index is 0.0804. The maximum atomic E-state index is 12.1. The van der Waals surface area contributed by atoms with Gasteiger partial charge in [-0.05, 0) is 24.3 Å². The van der Waals surface area contributed by atoms with Gasteiger partial charge in [0.25, 0.3) is 5.91 Å². The number of nitrogens with two attached hydrogens (primary N) is 1. The summed E-state index contributed by atoms with van der Waals surface area (Å²) in [5.74, 6) is 0.396. The Labute approximate surface area is 128 Å². The summed E-state index contributed by atoms with van der Waals surface area (Å²) >= 11 is 4.86. The highest BCUT2D eigenvalue weighted by molar-refractivity contribution is 7.80. The van der Waals surface area contributed by atoms with Gasteiger partial charge in [0.1, 0.15) is 10.7 Å². The second kappa shape index (κ2) is 7.35. The maximum Gasteiger partial charge on any atom is 0.260 e. The van der Waals surface area contributed by atoms with Crippen molar-refractivity contribution in [1.29, 1.82) is 0 Å². The van der Waals surface area contributed by atoms with E-state index in [0.29, 0.717) is 30.5 Å². The first-order valence-electron chi connectivity index (χ1n) is 6.62. The van der Waals surface area contributed by atoms with Crippen LogP contribution in [0.1, 0.15) is 5.56 Å². The largest absolute Gasteiger partial charge is 0.484 e. The normalized spacial score (nSPS) is 18.3. The molecule has 1 atom stereocenters. The Morgan fingerprint density at radius 2 is 2.19 bits per heavy atom. The quantitative estimate of drug-likeness (QED) is 0.740. The second-order valence-corrected chi connectivity index (χ2v) is 5.12. The first-order chi connectivity index (χ1) is 10.1. The molecule has 21 heavy (non-hydrogen) atoms. The van der Waals surface area contributed by atoms with E-state index < -0.39 is 0 Å². The molecule has 1 fully saturated rings. The number of rotatable bonds is 5. The molecule has 3 N–H and O–H groups in total. The van der Waals surface area contributed by atoms with E-state index in [9.17, 15) is 9.90 Å². The van der Waals surface area contributed by atoms with Gasteiger partial charge in [-0.15, -0.1) is 0 Å². The maximum absolute atomic E-state index is 12.1. The number of nitrogens with zero attached hydrogens (tertiary/aromatic N) is 1. The number of carbonyl (C=O) groups is 1. The molecule has 1 saturated heterocycles. The Bertz CT molecular complexity index is 506. The van der Waals surface area contributed by atoms with Crippen molar-refractivity contribution in [2.24, 2.45) is 5.73 Å². The average Bonchev–Trinajstić information content (AvgIpc) is 2.52. The van der Waals surface area contributed by atoms with Crippen LogP contribution in [0.5, 0.6) is 5.75 Å². The minimum Gasteiger partial charge on any atom is -0.484 e. The van der Waals surface area contributed by atoms with Gasteiger partial charge in [-0.25, -0.2) is 0 Å². The van der Waals surface area contributed by atoms with Crippen LogP contribution in [0.25, 0.3) is 0 Å². The summed E-state index contributed by atoms with van der Waals surface area (Å²) < 4.78 is 10.7. The van der Waals surface area contributed by atoms with Crippen LogP contribution in [0, 0.1) is 0 Å². The molecule has 7 heteroatoms. The van der Waals surface area contributed by atoms with Crippen LogP contribution in [-0.4, -0.2) is 59.9 Å². The van der Waals surface area contributed by atoms with Crippen LogP contribution in [-0.2, 0) is 9.53 Å². The van der Waals surface area contributed by atoms with Gasteiger partial charge in [0, 0.05) is 12.1 Å². The molecule has 0 saturated carbocycles. The third kappa shape index (κ3) is 4.13.